The monoisotopic (exact) mass is 219 g/mol. The van der Waals surface area contributed by atoms with Crippen molar-refractivity contribution in [2.24, 2.45) is 0 Å². The van der Waals surface area contributed by atoms with Gasteiger partial charge < -0.3 is 10.6 Å². The molecular weight excluding hydrogens is 210 g/mol. The molecule has 2 rings (SSSR count). The molecule has 0 unspecified atom stereocenters. The number of rotatable bonds is 2. The summed E-state index contributed by atoms with van der Waals surface area (Å²) < 4.78 is 4.99. The van der Waals surface area contributed by atoms with Crippen molar-refractivity contribution >= 4 is 5.97 Å². The second-order valence-corrected chi connectivity index (χ2v) is 3.08. The minimum Gasteiger partial charge on any atom is -0.422 e. The number of H-pyrrole nitrogens is 1. The van der Waals surface area contributed by atoms with Gasteiger partial charge in [0.2, 0.25) is 0 Å². The van der Waals surface area contributed by atoms with Crippen LogP contribution in [0.25, 0.3) is 0 Å². The highest BCUT2D eigenvalue weighted by Gasteiger charge is 2.12. The Balaban J connectivity index is 2.18. The molecule has 16 heavy (non-hydrogen) atoms. The van der Waals surface area contributed by atoms with Gasteiger partial charge in [-0.25, -0.2) is 4.79 Å². The zero-order valence-electron chi connectivity index (χ0n) is 8.21. The van der Waals surface area contributed by atoms with Crippen molar-refractivity contribution in [2.75, 3.05) is 5.84 Å². The predicted molar refractivity (Wildman–Crippen MR) is 56.6 cm³/mol. The zero-order chi connectivity index (χ0) is 11.5. The summed E-state index contributed by atoms with van der Waals surface area (Å²) in [6.07, 6.45) is 0. The number of hydrogen-bond donors (Lipinski definition) is 2. The van der Waals surface area contributed by atoms with Crippen LogP contribution in [0.5, 0.6) is 5.75 Å². The highest BCUT2D eigenvalue weighted by molar-refractivity contribution is 5.88. The Hall–Kier alpha value is -2.50. The molecule has 6 nitrogen and oxygen atoms in total. The first-order valence-electron chi connectivity index (χ1n) is 4.51. The lowest BCUT2D eigenvalue weighted by Crippen LogP contribution is -2.23. The Bertz CT molecular complexity index is 556. The standard InChI is InChI=1S/C10H9N3O3/c11-13-9(14)6-8(12-13)10(15)16-7-4-2-1-3-5-7/h1-6,12H,11H2. The minimum atomic E-state index is -0.660. The number of para-hydroxylation sites is 1. The third-order valence-corrected chi connectivity index (χ3v) is 1.92. The predicted octanol–water partition coefficient (Wildman–Crippen LogP) is 0.109. The molecule has 1 aromatic heterocycles. The van der Waals surface area contributed by atoms with Gasteiger partial charge in [-0.3, -0.25) is 9.89 Å². The van der Waals surface area contributed by atoms with E-state index in [1.165, 1.54) is 0 Å². The number of nitrogens with two attached hydrogens (primary N) is 1. The van der Waals surface area contributed by atoms with Gasteiger partial charge in [0.25, 0.3) is 5.56 Å². The summed E-state index contributed by atoms with van der Waals surface area (Å²) in [5.74, 6) is 4.95. The molecule has 0 saturated carbocycles. The molecule has 82 valence electrons. The highest BCUT2D eigenvalue weighted by atomic mass is 16.5. The Morgan fingerprint density at radius 2 is 2.00 bits per heavy atom. The van der Waals surface area contributed by atoms with Gasteiger partial charge in [-0.05, 0) is 12.1 Å². The van der Waals surface area contributed by atoms with Crippen LogP contribution in [0.15, 0.2) is 41.2 Å². The lowest BCUT2D eigenvalue weighted by atomic mass is 10.3. The Kier molecular flexibility index (Phi) is 2.47. The van der Waals surface area contributed by atoms with Gasteiger partial charge in [-0.1, -0.05) is 18.2 Å². The number of ether oxygens (including phenoxy) is 1. The summed E-state index contributed by atoms with van der Waals surface area (Å²) in [5.41, 5.74) is -0.489. The van der Waals surface area contributed by atoms with E-state index in [1.54, 1.807) is 30.3 Å². The van der Waals surface area contributed by atoms with E-state index < -0.39 is 11.5 Å². The zero-order valence-corrected chi connectivity index (χ0v) is 8.21. The minimum absolute atomic E-state index is 0.0105. The fourth-order valence-corrected chi connectivity index (χ4v) is 1.17. The van der Waals surface area contributed by atoms with Crippen molar-refractivity contribution in [2.45, 2.75) is 0 Å². The average molecular weight is 219 g/mol. The van der Waals surface area contributed by atoms with E-state index in [1.807, 2.05) is 0 Å². The molecule has 0 atom stereocenters. The summed E-state index contributed by atoms with van der Waals surface area (Å²) in [4.78, 5) is 23.2. The lowest BCUT2D eigenvalue weighted by molar-refractivity contribution is 0.0728. The van der Waals surface area contributed by atoms with E-state index in [0.29, 0.717) is 10.5 Å². The molecule has 2 aromatic rings. The number of esters is 1. The van der Waals surface area contributed by atoms with Gasteiger partial charge in [0.15, 0.2) is 0 Å². The molecule has 0 spiro atoms. The fourth-order valence-electron chi connectivity index (χ4n) is 1.17. The fraction of sp³-hybridized carbons (Fsp3) is 0. The molecule has 3 N–H and O–H groups in total. The van der Waals surface area contributed by atoms with Crippen molar-refractivity contribution < 1.29 is 9.53 Å². The number of carbonyl (C=O) groups excluding carboxylic acids is 1. The number of nitrogens with zero attached hydrogens (tertiary/aromatic N) is 1. The Morgan fingerprint density at radius 1 is 1.31 bits per heavy atom. The molecule has 0 saturated heterocycles. The lowest BCUT2D eigenvalue weighted by Gasteiger charge is -2.01. The molecule has 0 bridgehead atoms. The van der Waals surface area contributed by atoms with Crippen LogP contribution >= 0.6 is 0 Å². The van der Waals surface area contributed by atoms with E-state index in [0.717, 1.165) is 6.07 Å². The molecule has 6 heteroatoms. The summed E-state index contributed by atoms with van der Waals surface area (Å²) >= 11 is 0. The van der Waals surface area contributed by atoms with Crippen molar-refractivity contribution in [3.8, 4) is 5.75 Å². The molecule has 1 aromatic carbocycles. The third kappa shape index (κ3) is 1.95. The summed E-state index contributed by atoms with van der Waals surface area (Å²) in [5, 5.41) is 2.37. The quantitative estimate of drug-likeness (QED) is 0.426. The van der Waals surface area contributed by atoms with Gasteiger partial charge >= 0.3 is 5.97 Å². The maximum absolute atomic E-state index is 11.5. The molecule has 0 amide bonds. The van der Waals surface area contributed by atoms with E-state index in [4.69, 9.17) is 10.6 Å². The maximum Gasteiger partial charge on any atom is 0.361 e. The second-order valence-electron chi connectivity index (χ2n) is 3.08. The summed E-state index contributed by atoms with van der Waals surface area (Å²) in [6.45, 7) is 0. The van der Waals surface area contributed by atoms with Crippen molar-refractivity contribution in [3.63, 3.8) is 0 Å². The number of hydrogen-bond acceptors (Lipinski definition) is 4. The number of benzene rings is 1. The number of nitrogen functional groups attached to an aromatic ring is 1. The smallest absolute Gasteiger partial charge is 0.361 e. The first-order chi connectivity index (χ1) is 7.66. The molecule has 1 heterocycles. The van der Waals surface area contributed by atoms with Crippen LogP contribution in [-0.2, 0) is 0 Å². The van der Waals surface area contributed by atoms with Crippen LogP contribution in [0, 0.1) is 0 Å². The molecule has 0 aliphatic rings. The largest absolute Gasteiger partial charge is 0.422 e. The van der Waals surface area contributed by atoms with E-state index in [-0.39, 0.29) is 5.69 Å². The number of carbonyl (C=O) groups is 1. The van der Waals surface area contributed by atoms with Crippen LogP contribution < -0.4 is 16.1 Å². The van der Waals surface area contributed by atoms with Gasteiger partial charge in [0.1, 0.15) is 11.4 Å². The molecule has 0 aliphatic heterocycles. The van der Waals surface area contributed by atoms with Crippen LogP contribution in [-0.4, -0.2) is 15.9 Å². The molecule has 0 fully saturated rings. The van der Waals surface area contributed by atoms with Crippen molar-refractivity contribution in [1.29, 1.82) is 0 Å². The maximum atomic E-state index is 11.5. The summed E-state index contributed by atoms with van der Waals surface area (Å²) in [6, 6.07) is 9.62. The molecule has 0 aliphatic carbocycles. The van der Waals surface area contributed by atoms with Crippen LogP contribution in [0.3, 0.4) is 0 Å². The van der Waals surface area contributed by atoms with Gasteiger partial charge in [0, 0.05) is 6.07 Å². The summed E-state index contributed by atoms with van der Waals surface area (Å²) in [7, 11) is 0. The van der Waals surface area contributed by atoms with E-state index >= 15 is 0 Å². The second kappa shape index (κ2) is 3.93. The van der Waals surface area contributed by atoms with Crippen molar-refractivity contribution in [3.05, 3.63) is 52.4 Å². The number of aromatic amines is 1. The normalized spacial score (nSPS) is 10.0. The first-order valence-corrected chi connectivity index (χ1v) is 4.51. The van der Waals surface area contributed by atoms with Gasteiger partial charge in [0.05, 0.1) is 0 Å². The van der Waals surface area contributed by atoms with Gasteiger partial charge in [-0.15, -0.1) is 0 Å². The highest BCUT2D eigenvalue weighted by Crippen LogP contribution is 2.09. The van der Waals surface area contributed by atoms with Crippen molar-refractivity contribution in [1.82, 2.24) is 9.89 Å². The number of aromatic nitrogens is 2. The SMILES string of the molecule is Nn1[nH]c(C(=O)Oc2ccccc2)cc1=O. The Labute approximate surface area is 90.2 Å². The van der Waals surface area contributed by atoms with E-state index in [9.17, 15) is 9.59 Å². The number of nitrogens with one attached hydrogen (secondary N) is 1. The first kappa shape index (κ1) is 10.0. The van der Waals surface area contributed by atoms with Crippen LogP contribution in [0.2, 0.25) is 0 Å². The average Bonchev–Trinajstić information content (AvgIpc) is 2.61. The van der Waals surface area contributed by atoms with Gasteiger partial charge in [-0.2, -0.15) is 4.79 Å². The van der Waals surface area contributed by atoms with Crippen LogP contribution in [0.4, 0.5) is 0 Å². The molecule has 0 radical (unpaired) electrons. The Morgan fingerprint density at radius 3 is 2.56 bits per heavy atom. The molecular formula is C10H9N3O3. The topological polar surface area (TPSA) is 90.1 Å². The third-order valence-electron chi connectivity index (χ3n) is 1.92. The van der Waals surface area contributed by atoms with Crippen LogP contribution in [0.1, 0.15) is 10.5 Å². The van der Waals surface area contributed by atoms with E-state index in [2.05, 4.69) is 5.10 Å².